The van der Waals surface area contributed by atoms with Crippen molar-refractivity contribution < 1.29 is 0 Å². The van der Waals surface area contributed by atoms with Crippen molar-refractivity contribution in [1.82, 2.24) is 21.0 Å². The van der Waals surface area contributed by atoms with Gasteiger partial charge in [-0.25, -0.2) is 4.98 Å². The molecule has 0 bridgehead atoms. The van der Waals surface area contributed by atoms with E-state index in [4.69, 9.17) is 4.98 Å². The SMILES string of the molecule is Cc1cnc(Nc2ccc(N3CCN(C)CC3)cc2)nc1Nc1cccc(C2CC2)c1.N. The van der Waals surface area contributed by atoms with Gasteiger partial charge < -0.3 is 26.6 Å². The molecule has 2 fully saturated rings. The monoisotopic (exact) mass is 431 g/mol. The van der Waals surface area contributed by atoms with Crippen molar-refractivity contribution in [1.29, 1.82) is 0 Å². The van der Waals surface area contributed by atoms with Crippen LogP contribution in [-0.2, 0) is 0 Å². The van der Waals surface area contributed by atoms with E-state index >= 15 is 0 Å². The molecule has 1 aromatic heterocycles. The van der Waals surface area contributed by atoms with Crippen molar-refractivity contribution >= 4 is 28.8 Å². The van der Waals surface area contributed by atoms with Gasteiger partial charge in [0.1, 0.15) is 5.82 Å². The summed E-state index contributed by atoms with van der Waals surface area (Å²) in [6.07, 6.45) is 4.47. The van der Waals surface area contributed by atoms with Crippen LogP contribution in [0, 0.1) is 6.92 Å². The van der Waals surface area contributed by atoms with Crippen LogP contribution in [0.3, 0.4) is 0 Å². The summed E-state index contributed by atoms with van der Waals surface area (Å²) < 4.78 is 0. The molecule has 0 atom stereocenters. The predicted octanol–water partition coefficient (Wildman–Crippen LogP) is 5.06. The normalized spacial score (nSPS) is 16.4. The van der Waals surface area contributed by atoms with Crippen molar-refractivity contribution in [2.45, 2.75) is 25.7 Å². The van der Waals surface area contributed by atoms with Gasteiger partial charge >= 0.3 is 0 Å². The first-order chi connectivity index (χ1) is 15.1. The molecular formula is C25H33N7. The maximum Gasteiger partial charge on any atom is 0.229 e. The average molecular weight is 432 g/mol. The lowest BCUT2D eigenvalue weighted by Gasteiger charge is -2.34. The fourth-order valence-corrected chi connectivity index (χ4v) is 4.00. The minimum Gasteiger partial charge on any atom is -0.369 e. The van der Waals surface area contributed by atoms with Gasteiger partial charge in [0.25, 0.3) is 0 Å². The number of rotatable bonds is 6. The minimum absolute atomic E-state index is 0. The predicted molar refractivity (Wildman–Crippen MR) is 133 cm³/mol. The number of anilines is 5. The number of aryl methyl sites for hydroxylation is 1. The summed E-state index contributed by atoms with van der Waals surface area (Å²) in [6, 6.07) is 17.2. The van der Waals surface area contributed by atoms with E-state index in [0.717, 1.165) is 54.9 Å². The van der Waals surface area contributed by atoms with Crippen LogP contribution in [0.4, 0.5) is 28.8 Å². The number of likely N-dealkylation sites (N-methyl/N-ethyl adjacent to an activating group) is 1. The number of piperazine rings is 1. The summed E-state index contributed by atoms with van der Waals surface area (Å²) in [5.41, 5.74) is 5.77. The molecule has 3 aromatic rings. The van der Waals surface area contributed by atoms with Gasteiger partial charge in [-0.3, -0.25) is 0 Å². The molecule has 1 aliphatic carbocycles. The third-order valence-corrected chi connectivity index (χ3v) is 6.16. The Morgan fingerprint density at radius 3 is 2.38 bits per heavy atom. The van der Waals surface area contributed by atoms with E-state index in [1.165, 1.54) is 24.1 Å². The van der Waals surface area contributed by atoms with Gasteiger partial charge in [0.05, 0.1) is 0 Å². The second-order valence-electron chi connectivity index (χ2n) is 8.71. The standard InChI is InChI=1S/C25H30N6.H3N/c1-18-17-26-25(29-24(18)27-22-5-3-4-20(16-22)19-6-7-19)28-21-8-10-23(11-9-21)31-14-12-30(2)13-15-31;/h3-5,8-11,16-17,19H,6-7,12-15H2,1-2H3,(H2,26,27,28,29);1H3. The van der Waals surface area contributed by atoms with Crippen molar-refractivity contribution in [2.24, 2.45) is 0 Å². The van der Waals surface area contributed by atoms with E-state index in [-0.39, 0.29) is 6.15 Å². The Morgan fingerprint density at radius 1 is 0.906 bits per heavy atom. The molecule has 32 heavy (non-hydrogen) atoms. The van der Waals surface area contributed by atoms with Crippen LogP contribution in [0.25, 0.3) is 0 Å². The highest BCUT2D eigenvalue weighted by atomic mass is 15.2. The summed E-state index contributed by atoms with van der Waals surface area (Å²) in [5.74, 6) is 2.16. The third-order valence-electron chi connectivity index (χ3n) is 6.16. The van der Waals surface area contributed by atoms with Crippen LogP contribution in [0.1, 0.15) is 29.9 Å². The molecule has 0 unspecified atom stereocenters. The molecule has 5 N–H and O–H groups in total. The van der Waals surface area contributed by atoms with Gasteiger partial charge in [-0.1, -0.05) is 12.1 Å². The van der Waals surface area contributed by atoms with Crippen LogP contribution in [0.2, 0.25) is 0 Å². The highest BCUT2D eigenvalue weighted by Gasteiger charge is 2.23. The molecule has 1 aliphatic heterocycles. The Hall–Kier alpha value is -3.16. The first kappa shape index (κ1) is 22.0. The van der Waals surface area contributed by atoms with Gasteiger partial charge in [-0.15, -0.1) is 0 Å². The quantitative estimate of drug-likeness (QED) is 0.502. The van der Waals surface area contributed by atoms with E-state index in [9.17, 15) is 0 Å². The first-order valence-electron chi connectivity index (χ1n) is 11.2. The number of benzene rings is 2. The molecule has 168 valence electrons. The van der Waals surface area contributed by atoms with Crippen LogP contribution in [0.15, 0.2) is 54.7 Å². The molecule has 7 heteroatoms. The second kappa shape index (κ2) is 9.54. The van der Waals surface area contributed by atoms with Crippen molar-refractivity contribution in [2.75, 3.05) is 48.8 Å². The molecular weight excluding hydrogens is 398 g/mol. The summed E-state index contributed by atoms with van der Waals surface area (Å²) >= 11 is 0. The van der Waals surface area contributed by atoms with Crippen LogP contribution < -0.4 is 21.7 Å². The zero-order chi connectivity index (χ0) is 21.2. The molecule has 0 amide bonds. The molecule has 1 saturated heterocycles. The third kappa shape index (κ3) is 5.18. The Kier molecular flexibility index (Phi) is 6.58. The number of nitrogens with zero attached hydrogens (tertiary/aromatic N) is 4. The van der Waals surface area contributed by atoms with E-state index in [1.54, 1.807) is 0 Å². The fraction of sp³-hybridized carbons (Fsp3) is 0.360. The van der Waals surface area contributed by atoms with Gasteiger partial charge in [-0.2, -0.15) is 4.98 Å². The molecule has 5 rings (SSSR count). The number of hydrogen-bond donors (Lipinski definition) is 3. The van der Waals surface area contributed by atoms with E-state index in [1.807, 2.05) is 13.1 Å². The summed E-state index contributed by atoms with van der Waals surface area (Å²) in [6.45, 7) is 6.39. The van der Waals surface area contributed by atoms with E-state index < -0.39 is 0 Å². The smallest absolute Gasteiger partial charge is 0.229 e. The average Bonchev–Trinajstić information content (AvgIpc) is 3.63. The van der Waals surface area contributed by atoms with Crippen LogP contribution in [-0.4, -0.2) is 48.1 Å². The lowest BCUT2D eigenvalue weighted by molar-refractivity contribution is 0.313. The zero-order valence-corrected chi connectivity index (χ0v) is 19.0. The van der Waals surface area contributed by atoms with Crippen molar-refractivity contribution in [3.8, 4) is 0 Å². The highest BCUT2D eigenvalue weighted by molar-refractivity contribution is 5.64. The zero-order valence-electron chi connectivity index (χ0n) is 19.0. The lowest BCUT2D eigenvalue weighted by Crippen LogP contribution is -2.44. The van der Waals surface area contributed by atoms with Gasteiger partial charge in [0.2, 0.25) is 5.95 Å². The maximum atomic E-state index is 4.72. The first-order valence-corrected chi connectivity index (χ1v) is 11.2. The number of nitrogens with one attached hydrogen (secondary N) is 2. The van der Waals surface area contributed by atoms with Gasteiger partial charge in [0, 0.05) is 55.0 Å². The molecule has 0 spiro atoms. The Labute approximate surface area is 190 Å². The Balaban J connectivity index is 0.00000245. The summed E-state index contributed by atoms with van der Waals surface area (Å²) in [4.78, 5) is 14.0. The summed E-state index contributed by atoms with van der Waals surface area (Å²) in [7, 11) is 2.18. The van der Waals surface area contributed by atoms with Gasteiger partial charge in [0.15, 0.2) is 0 Å². The lowest BCUT2D eigenvalue weighted by atomic mass is 10.1. The minimum atomic E-state index is 0. The van der Waals surface area contributed by atoms with Crippen LogP contribution >= 0.6 is 0 Å². The topological polar surface area (TPSA) is 91.3 Å². The Morgan fingerprint density at radius 2 is 1.66 bits per heavy atom. The largest absolute Gasteiger partial charge is 0.369 e. The Bertz CT molecular complexity index is 1040. The number of hydrogen-bond acceptors (Lipinski definition) is 7. The maximum absolute atomic E-state index is 4.72. The van der Waals surface area contributed by atoms with Gasteiger partial charge in [-0.05, 0) is 74.7 Å². The highest BCUT2D eigenvalue weighted by Crippen LogP contribution is 2.40. The van der Waals surface area contributed by atoms with Crippen molar-refractivity contribution in [3.63, 3.8) is 0 Å². The van der Waals surface area contributed by atoms with E-state index in [2.05, 4.69) is 81.0 Å². The molecule has 2 aromatic carbocycles. The molecule has 2 aliphatic rings. The molecule has 1 saturated carbocycles. The molecule has 2 heterocycles. The second-order valence-corrected chi connectivity index (χ2v) is 8.71. The van der Waals surface area contributed by atoms with E-state index in [0.29, 0.717) is 5.95 Å². The van der Waals surface area contributed by atoms with Crippen LogP contribution in [0.5, 0.6) is 0 Å². The molecule has 0 radical (unpaired) electrons. The fourth-order valence-electron chi connectivity index (χ4n) is 4.00. The number of aromatic nitrogens is 2. The van der Waals surface area contributed by atoms with Crippen molar-refractivity contribution in [3.05, 3.63) is 65.9 Å². The molecule has 7 nitrogen and oxygen atoms in total. The summed E-state index contributed by atoms with van der Waals surface area (Å²) in [5, 5.41) is 6.82.